The first-order chi connectivity index (χ1) is 20.9. The number of carbonyl (C=O) groups excluding carboxylic acids is 3. The van der Waals surface area contributed by atoms with Crippen molar-refractivity contribution in [1.82, 2.24) is 19.6 Å². The van der Waals surface area contributed by atoms with Gasteiger partial charge in [0.15, 0.2) is 0 Å². The molecule has 0 aromatic heterocycles. The summed E-state index contributed by atoms with van der Waals surface area (Å²) in [6.45, 7) is 14.6. The third-order valence-corrected chi connectivity index (χ3v) is 9.85. The normalized spacial score (nSPS) is 29.9. The van der Waals surface area contributed by atoms with Crippen LogP contribution in [-0.4, -0.2) is 125 Å². The maximum absolute atomic E-state index is 14.5. The number of nitrogens with zero attached hydrogens (tertiary/aromatic N) is 4. The third kappa shape index (κ3) is 5.66. The van der Waals surface area contributed by atoms with Gasteiger partial charge in [-0.3, -0.25) is 19.3 Å². The first-order valence-electron chi connectivity index (χ1n) is 15.6. The molecule has 234 valence electrons. The summed E-state index contributed by atoms with van der Waals surface area (Å²) in [7, 11) is 0. The molecule has 43 heavy (non-hydrogen) atoms. The molecule has 5 rings (SSSR count). The van der Waals surface area contributed by atoms with Crippen molar-refractivity contribution in [1.29, 1.82) is 0 Å². The summed E-state index contributed by atoms with van der Waals surface area (Å²) >= 11 is 0. The molecule has 4 heterocycles. The van der Waals surface area contributed by atoms with E-state index < -0.39 is 29.1 Å². The van der Waals surface area contributed by atoms with Crippen LogP contribution in [0.25, 0.3) is 0 Å². The molecule has 10 nitrogen and oxygen atoms in total. The zero-order valence-corrected chi connectivity index (χ0v) is 25.4. The zero-order valence-electron chi connectivity index (χ0n) is 25.4. The summed E-state index contributed by atoms with van der Waals surface area (Å²) in [5.41, 5.74) is -0.992. The number of aliphatic hydroxyl groups is 1. The third-order valence-electron chi connectivity index (χ3n) is 9.85. The molecule has 4 aliphatic rings. The van der Waals surface area contributed by atoms with Crippen molar-refractivity contribution in [3.05, 3.63) is 61.2 Å². The van der Waals surface area contributed by atoms with E-state index in [9.17, 15) is 19.5 Å². The molecular weight excluding hydrogens is 548 g/mol. The molecule has 1 N–H and O–H groups in total. The standard InChI is InChI=1S/C33H46N4O6/c1-4-14-35(17-16-34-19-22-42-23-20-34)31(41)28-33-13-12-32(6-3,43-33)26(27(33)30(40)37(28)18-21-38)29(39)36(15-5-2)24-25-10-8-7-9-11-25/h4-5,7-11,26-28,38H,1-2,6,12-24H2,3H3/t26-,27+,28?,32+,33?/m1/s1. The maximum Gasteiger partial charge on any atom is 0.248 e. The molecule has 4 saturated heterocycles. The molecule has 4 aliphatic heterocycles. The Balaban J connectivity index is 1.47. The van der Waals surface area contributed by atoms with Crippen LogP contribution in [0.1, 0.15) is 31.7 Å². The van der Waals surface area contributed by atoms with Crippen molar-refractivity contribution in [2.75, 3.05) is 65.6 Å². The molecule has 2 bridgehead atoms. The Kier molecular flexibility index (Phi) is 9.70. The Morgan fingerprint density at radius 3 is 2.40 bits per heavy atom. The summed E-state index contributed by atoms with van der Waals surface area (Å²) in [5, 5.41) is 10.0. The van der Waals surface area contributed by atoms with Gasteiger partial charge in [0.1, 0.15) is 11.6 Å². The molecule has 0 saturated carbocycles. The van der Waals surface area contributed by atoms with E-state index in [1.165, 1.54) is 4.90 Å². The Labute approximate surface area is 254 Å². The lowest BCUT2D eigenvalue weighted by atomic mass is 9.64. The van der Waals surface area contributed by atoms with Crippen molar-refractivity contribution in [3.63, 3.8) is 0 Å². The molecule has 2 unspecified atom stereocenters. The molecule has 1 spiro atoms. The summed E-state index contributed by atoms with van der Waals surface area (Å²) in [5.74, 6) is -2.20. The van der Waals surface area contributed by atoms with Gasteiger partial charge >= 0.3 is 0 Å². The van der Waals surface area contributed by atoms with E-state index in [0.717, 1.165) is 18.7 Å². The second-order valence-corrected chi connectivity index (χ2v) is 12.1. The van der Waals surface area contributed by atoms with E-state index in [-0.39, 0.29) is 30.9 Å². The van der Waals surface area contributed by atoms with E-state index >= 15 is 0 Å². The summed E-state index contributed by atoms with van der Waals surface area (Å²) in [6.07, 6.45) is 5.04. The number of hydrogen-bond donors (Lipinski definition) is 1. The molecular formula is C33H46N4O6. The average Bonchev–Trinajstić information content (AvgIpc) is 3.63. The number of amides is 3. The monoisotopic (exact) mass is 594 g/mol. The van der Waals surface area contributed by atoms with E-state index in [2.05, 4.69) is 18.1 Å². The fourth-order valence-electron chi connectivity index (χ4n) is 7.82. The van der Waals surface area contributed by atoms with Crippen LogP contribution in [0, 0.1) is 11.8 Å². The van der Waals surface area contributed by atoms with E-state index in [1.807, 2.05) is 37.3 Å². The Bertz CT molecular complexity index is 1190. The molecule has 3 amide bonds. The molecule has 4 fully saturated rings. The van der Waals surface area contributed by atoms with Gasteiger partial charge in [0.2, 0.25) is 17.7 Å². The SMILES string of the molecule is C=CCN(CCN1CCOCC1)C(=O)C1N(CCO)C(=O)[C@@H]2[C@H](C(=O)N(CC=C)Cc3ccccc3)[C@]3(CC)CCC12O3. The van der Waals surface area contributed by atoms with Crippen molar-refractivity contribution >= 4 is 17.7 Å². The van der Waals surface area contributed by atoms with Crippen LogP contribution in [-0.2, 0) is 30.4 Å². The highest BCUT2D eigenvalue weighted by atomic mass is 16.5. The molecule has 1 aromatic carbocycles. The number of fused-ring (bicyclic) bond motifs is 1. The Morgan fingerprint density at radius 1 is 1.05 bits per heavy atom. The van der Waals surface area contributed by atoms with E-state index in [4.69, 9.17) is 9.47 Å². The summed E-state index contributed by atoms with van der Waals surface area (Å²) in [6, 6.07) is 8.83. The number of hydrogen-bond acceptors (Lipinski definition) is 7. The fourth-order valence-corrected chi connectivity index (χ4v) is 7.82. The predicted molar refractivity (Wildman–Crippen MR) is 162 cm³/mol. The second kappa shape index (κ2) is 13.3. The van der Waals surface area contributed by atoms with Crippen molar-refractivity contribution in [2.45, 2.75) is 50.0 Å². The summed E-state index contributed by atoms with van der Waals surface area (Å²) in [4.78, 5) is 50.5. The lowest BCUT2D eigenvalue weighted by Gasteiger charge is -2.37. The number of ether oxygens (including phenoxy) is 2. The number of likely N-dealkylation sites (tertiary alicyclic amines) is 1. The Morgan fingerprint density at radius 2 is 1.74 bits per heavy atom. The molecule has 0 radical (unpaired) electrons. The van der Waals surface area contributed by atoms with Crippen LogP contribution in [0.15, 0.2) is 55.6 Å². The van der Waals surface area contributed by atoms with Crippen LogP contribution >= 0.6 is 0 Å². The van der Waals surface area contributed by atoms with Gasteiger partial charge in [-0.05, 0) is 24.8 Å². The van der Waals surface area contributed by atoms with Gasteiger partial charge < -0.3 is 29.3 Å². The largest absolute Gasteiger partial charge is 0.395 e. The number of rotatable bonds is 14. The van der Waals surface area contributed by atoms with E-state index in [0.29, 0.717) is 65.2 Å². The minimum Gasteiger partial charge on any atom is -0.395 e. The first kappa shape index (κ1) is 31.4. The van der Waals surface area contributed by atoms with Crippen molar-refractivity contribution in [2.24, 2.45) is 11.8 Å². The zero-order chi connectivity index (χ0) is 30.6. The van der Waals surface area contributed by atoms with Gasteiger partial charge in [-0.1, -0.05) is 49.4 Å². The number of morpholine rings is 1. The molecule has 5 atom stereocenters. The summed E-state index contributed by atoms with van der Waals surface area (Å²) < 4.78 is 12.4. The van der Waals surface area contributed by atoms with Crippen LogP contribution < -0.4 is 0 Å². The lowest BCUT2D eigenvalue weighted by molar-refractivity contribution is -0.155. The number of carbonyl (C=O) groups is 3. The van der Waals surface area contributed by atoms with Gasteiger partial charge in [0.05, 0.1) is 37.3 Å². The fraction of sp³-hybridized carbons (Fsp3) is 0.606. The van der Waals surface area contributed by atoms with Gasteiger partial charge in [0.25, 0.3) is 0 Å². The van der Waals surface area contributed by atoms with Crippen LogP contribution in [0.5, 0.6) is 0 Å². The minimum atomic E-state index is -1.13. The van der Waals surface area contributed by atoms with Gasteiger partial charge in [-0.2, -0.15) is 0 Å². The Hall–Kier alpha value is -3.05. The van der Waals surface area contributed by atoms with E-state index in [1.54, 1.807) is 22.0 Å². The van der Waals surface area contributed by atoms with Crippen LogP contribution in [0.4, 0.5) is 0 Å². The predicted octanol–water partition coefficient (Wildman–Crippen LogP) is 1.70. The highest BCUT2D eigenvalue weighted by molar-refractivity contribution is 5.99. The first-order valence-corrected chi connectivity index (χ1v) is 15.6. The second-order valence-electron chi connectivity index (χ2n) is 12.1. The van der Waals surface area contributed by atoms with Crippen LogP contribution in [0.3, 0.4) is 0 Å². The number of benzene rings is 1. The van der Waals surface area contributed by atoms with Crippen molar-refractivity contribution in [3.8, 4) is 0 Å². The van der Waals surface area contributed by atoms with Gasteiger partial charge in [0, 0.05) is 52.4 Å². The smallest absolute Gasteiger partial charge is 0.248 e. The number of aliphatic hydroxyl groups excluding tert-OH is 1. The molecule has 0 aliphatic carbocycles. The maximum atomic E-state index is 14.5. The topological polar surface area (TPSA) is 103 Å². The highest BCUT2D eigenvalue weighted by Crippen LogP contribution is 2.64. The quantitative estimate of drug-likeness (QED) is 0.327. The minimum absolute atomic E-state index is 0.00264. The van der Waals surface area contributed by atoms with Gasteiger partial charge in [-0.15, -0.1) is 13.2 Å². The molecule has 1 aromatic rings. The molecule has 10 heteroatoms. The highest BCUT2D eigenvalue weighted by Gasteiger charge is 2.79. The van der Waals surface area contributed by atoms with Crippen LogP contribution in [0.2, 0.25) is 0 Å². The van der Waals surface area contributed by atoms with Gasteiger partial charge in [-0.25, -0.2) is 0 Å². The number of β-amino-alcohol motifs (C(OH)–C–C–N with tert-alkyl or cyclic N) is 1. The lowest BCUT2D eigenvalue weighted by Crippen LogP contribution is -2.57. The van der Waals surface area contributed by atoms with Crippen molar-refractivity contribution < 1.29 is 29.0 Å². The average molecular weight is 595 g/mol.